The van der Waals surface area contributed by atoms with Gasteiger partial charge in [0.2, 0.25) is 0 Å². The van der Waals surface area contributed by atoms with Crippen LogP contribution in [0.2, 0.25) is 0 Å². The lowest BCUT2D eigenvalue weighted by Gasteiger charge is -2.16. The van der Waals surface area contributed by atoms with E-state index >= 15 is 0 Å². The molecule has 0 saturated carbocycles. The van der Waals surface area contributed by atoms with E-state index in [1.807, 2.05) is 6.92 Å². The first kappa shape index (κ1) is 18.2. The molecule has 0 aliphatic rings. The Morgan fingerprint density at radius 1 is 1.32 bits per heavy atom. The van der Waals surface area contributed by atoms with Gasteiger partial charge in [-0.2, -0.15) is 0 Å². The summed E-state index contributed by atoms with van der Waals surface area (Å²) in [5, 5.41) is 6.42. The predicted octanol–water partition coefficient (Wildman–Crippen LogP) is 0.401. The zero-order valence-electron chi connectivity index (χ0n) is 12.4. The van der Waals surface area contributed by atoms with E-state index in [2.05, 4.69) is 29.5 Å². The van der Waals surface area contributed by atoms with Gasteiger partial charge in [0.15, 0.2) is 5.96 Å². The standard InChI is InChI=1S/C12H27N3O3S/c1-5-11(3)15-12(13-6-2)14-7-8-18-9-10-19(4,16)17/h11H,5-10H2,1-4H3,(H2,13,14,15). The first-order chi connectivity index (χ1) is 8.89. The smallest absolute Gasteiger partial charge is 0.191 e. The van der Waals surface area contributed by atoms with Crippen LogP contribution < -0.4 is 10.6 Å². The van der Waals surface area contributed by atoms with Gasteiger partial charge in [-0.25, -0.2) is 8.42 Å². The van der Waals surface area contributed by atoms with Crippen LogP contribution in [0.25, 0.3) is 0 Å². The summed E-state index contributed by atoms with van der Waals surface area (Å²) in [5.41, 5.74) is 0. The van der Waals surface area contributed by atoms with E-state index in [-0.39, 0.29) is 12.4 Å². The fraction of sp³-hybridized carbons (Fsp3) is 0.917. The van der Waals surface area contributed by atoms with E-state index in [1.54, 1.807) is 0 Å². The lowest BCUT2D eigenvalue weighted by Crippen LogP contribution is -2.42. The third-order valence-electron chi connectivity index (χ3n) is 2.44. The summed E-state index contributed by atoms with van der Waals surface area (Å²) >= 11 is 0. The second-order valence-electron chi connectivity index (χ2n) is 4.46. The minimum atomic E-state index is -2.94. The molecule has 0 rings (SSSR count). The lowest BCUT2D eigenvalue weighted by molar-refractivity contribution is 0.157. The number of hydrogen-bond donors (Lipinski definition) is 2. The maximum absolute atomic E-state index is 10.9. The molecule has 6 nitrogen and oxygen atoms in total. The van der Waals surface area contributed by atoms with Crippen LogP contribution >= 0.6 is 0 Å². The van der Waals surface area contributed by atoms with E-state index in [4.69, 9.17) is 4.74 Å². The van der Waals surface area contributed by atoms with Crippen LogP contribution in [0.5, 0.6) is 0 Å². The van der Waals surface area contributed by atoms with E-state index in [9.17, 15) is 8.42 Å². The molecule has 0 radical (unpaired) electrons. The van der Waals surface area contributed by atoms with Crippen molar-refractivity contribution in [3.63, 3.8) is 0 Å². The zero-order valence-corrected chi connectivity index (χ0v) is 13.2. The van der Waals surface area contributed by atoms with Gasteiger partial charge >= 0.3 is 0 Å². The van der Waals surface area contributed by atoms with E-state index in [0.29, 0.717) is 19.2 Å². The molecule has 0 spiro atoms. The summed E-state index contributed by atoms with van der Waals surface area (Å²) in [4.78, 5) is 4.36. The minimum absolute atomic E-state index is 0.0574. The maximum atomic E-state index is 10.9. The van der Waals surface area contributed by atoms with Gasteiger partial charge in [0.1, 0.15) is 9.84 Å². The second kappa shape index (κ2) is 10.0. The molecule has 0 heterocycles. The van der Waals surface area contributed by atoms with Gasteiger partial charge in [0.05, 0.1) is 25.5 Å². The van der Waals surface area contributed by atoms with Crippen molar-refractivity contribution in [3.8, 4) is 0 Å². The van der Waals surface area contributed by atoms with Crippen molar-refractivity contribution in [3.05, 3.63) is 0 Å². The fourth-order valence-electron chi connectivity index (χ4n) is 1.19. The highest BCUT2D eigenvalue weighted by molar-refractivity contribution is 7.90. The number of nitrogens with one attached hydrogen (secondary N) is 2. The Kier molecular flexibility index (Phi) is 9.59. The minimum Gasteiger partial charge on any atom is -0.378 e. The summed E-state index contributed by atoms with van der Waals surface area (Å²) in [6.45, 7) is 8.17. The summed E-state index contributed by atoms with van der Waals surface area (Å²) in [6.07, 6.45) is 2.23. The van der Waals surface area contributed by atoms with Crippen LogP contribution in [0.15, 0.2) is 4.99 Å². The number of hydrogen-bond acceptors (Lipinski definition) is 4. The van der Waals surface area contributed by atoms with E-state index in [1.165, 1.54) is 6.26 Å². The molecule has 0 amide bonds. The molecule has 0 aromatic carbocycles. The fourth-order valence-corrected chi connectivity index (χ4v) is 1.61. The van der Waals surface area contributed by atoms with Crippen molar-refractivity contribution in [1.29, 1.82) is 0 Å². The second-order valence-corrected chi connectivity index (χ2v) is 6.72. The maximum Gasteiger partial charge on any atom is 0.191 e. The van der Waals surface area contributed by atoms with Gasteiger partial charge < -0.3 is 15.4 Å². The molecular weight excluding hydrogens is 266 g/mol. The highest BCUT2D eigenvalue weighted by atomic mass is 32.2. The molecule has 1 atom stereocenters. The number of guanidine groups is 1. The molecule has 114 valence electrons. The largest absolute Gasteiger partial charge is 0.378 e. The molecule has 0 saturated heterocycles. The molecule has 2 N–H and O–H groups in total. The Bertz CT molecular complexity index is 355. The number of aliphatic imine (C=N–C) groups is 1. The van der Waals surface area contributed by atoms with E-state index < -0.39 is 9.84 Å². The summed E-state index contributed by atoms with van der Waals surface area (Å²) in [7, 11) is -2.94. The first-order valence-electron chi connectivity index (χ1n) is 6.69. The first-order valence-corrected chi connectivity index (χ1v) is 8.75. The molecule has 0 aliphatic carbocycles. The molecule has 0 aromatic heterocycles. The Labute approximate surface area is 116 Å². The van der Waals surface area contributed by atoms with Crippen molar-refractivity contribution >= 4 is 15.8 Å². The number of rotatable bonds is 9. The van der Waals surface area contributed by atoms with Gasteiger partial charge in [-0.05, 0) is 20.3 Å². The topological polar surface area (TPSA) is 79.8 Å². The third-order valence-corrected chi connectivity index (χ3v) is 3.35. The lowest BCUT2D eigenvalue weighted by atomic mass is 10.3. The van der Waals surface area contributed by atoms with Gasteiger partial charge in [0, 0.05) is 18.8 Å². The van der Waals surface area contributed by atoms with Crippen LogP contribution in [0.1, 0.15) is 27.2 Å². The van der Waals surface area contributed by atoms with Gasteiger partial charge in [-0.3, -0.25) is 4.99 Å². The molecule has 19 heavy (non-hydrogen) atoms. The Morgan fingerprint density at radius 3 is 2.53 bits per heavy atom. The van der Waals surface area contributed by atoms with Crippen LogP contribution in [0.4, 0.5) is 0 Å². The molecule has 7 heteroatoms. The molecule has 0 bridgehead atoms. The third kappa shape index (κ3) is 12.0. The van der Waals surface area contributed by atoms with Crippen LogP contribution in [-0.2, 0) is 14.6 Å². The normalized spacial score (nSPS) is 14.2. The molecule has 0 aromatic rings. The molecule has 0 aliphatic heterocycles. The van der Waals surface area contributed by atoms with E-state index in [0.717, 1.165) is 18.9 Å². The number of nitrogens with zero attached hydrogens (tertiary/aromatic N) is 1. The van der Waals surface area contributed by atoms with Crippen molar-refractivity contribution in [2.45, 2.75) is 33.2 Å². The van der Waals surface area contributed by atoms with Crippen molar-refractivity contribution < 1.29 is 13.2 Å². The van der Waals surface area contributed by atoms with Crippen LogP contribution in [0.3, 0.4) is 0 Å². The SMILES string of the molecule is CCNC(=NCCOCCS(C)(=O)=O)NC(C)CC. The Balaban J connectivity index is 3.91. The average molecular weight is 293 g/mol. The summed E-state index contributed by atoms with van der Waals surface area (Å²) in [5.74, 6) is 0.825. The molecule has 0 fully saturated rings. The number of ether oxygens (including phenoxy) is 1. The van der Waals surface area contributed by atoms with Gasteiger partial charge in [0.25, 0.3) is 0 Å². The highest BCUT2D eigenvalue weighted by Gasteiger charge is 2.03. The molecular formula is C12H27N3O3S. The Morgan fingerprint density at radius 2 is 2.00 bits per heavy atom. The monoisotopic (exact) mass is 293 g/mol. The highest BCUT2D eigenvalue weighted by Crippen LogP contribution is 1.88. The van der Waals surface area contributed by atoms with Crippen molar-refractivity contribution in [2.75, 3.05) is 38.3 Å². The van der Waals surface area contributed by atoms with Crippen molar-refractivity contribution in [1.82, 2.24) is 10.6 Å². The molecule has 1 unspecified atom stereocenters. The quantitative estimate of drug-likeness (QED) is 0.365. The summed E-state index contributed by atoms with van der Waals surface area (Å²) in [6, 6.07) is 0.365. The predicted molar refractivity (Wildman–Crippen MR) is 79.4 cm³/mol. The van der Waals surface area contributed by atoms with Crippen molar-refractivity contribution in [2.24, 2.45) is 4.99 Å². The average Bonchev–Trinajstić information content (AvgIpc) is 2.32. The number of sulfone groups is 1. The van der Waals surface area contributed by atoms with Gasteiger partial charge in [-0.15, -0.1) is 0 Å². The van der Waals surface area contributed by atoms with Crippen LogP contribution in [0, 0.1) is 0 Å². The van der Waals surface area contributed by atoms with Crippen LogP contribution in [-0.4, -0.2) is 58.7 Å². The Hall–Kier alpha value is -0.820. The zero-order chi connectivity index (χ0) is 14.7. The van der Waals surface area contributed by atoms with Gasteiger partial charge in [-0.1, -0.05) is 6.92 Å². The summed E-state index contributed by atoms with van der Waals surface area (Å²) < 4.78 is 27.0.